The number of benzene rings is 1. The summed E-state index contributed by atoms with van der Waals surface area (Å²) in [5, 5.41) is 0. The third-order valence-corrected chi connectivity index (χ3v) is 3.43. The van der Waals surface area contributed by atoms with Crippen molar-refractivity contribution in [1.29, 1.82) is 0 Å². The molecule has 0 fully saturated rings. The van der Waals surface area contributed by atoms with Crippen molar-refractivity contribution >= 4 is 22.0 Å². The second-order valence-corrected chi connectivity index (χ2v) is 5.47. The number of unbranched alkanes of at least 4 members (excludes halogenated alkanes) is 3. The van der Waals surface area contributed by atoms with Gasteiger partial charge in [-0.3, -0.25) is 0 Å². The highest BCUT2D eigenvalue weighted by Gasteiger charge is 1.98. The van der Waals surface area contributed by atoms with Crippen LogP contribution in [0.4, 0.5) is 0 Å². The van der Waals surface area contributed by atoms with Crippen molar-refractivity contribution < 1.29 is 4.74 Å². The summed E-state index contributed by atoms with van der Waals surface area (Å²) in [6.45, 7) is 6.42. The van der Waals surface area contributed by atoms with E-state index in [2.05, 4.69) is 47.7 Å². The molecular formula is C18H23BrO. The van der Waals surface area contributed by atoms with Crippen LogP contribution < -0.4 is 4.74 Å². The maximum Gasteiger partial charge on any atom is 0.126 e. The summed E-state index contributed by atoms with van der Waals surface area (Å²) in [5.74, 6) is 0.884. The van der Waals surface area contributed by atoms with Gasteiger partial charge in [-0.25, -0.2) is 0 Å². The Labute approximate surface area is 131 Å². The van der Waals surface area contributed by atoms with Crippen LogP contribution in [-0.2, 0) is 0 Å². The lowest BCUT2D eigenvalue weighted by molar-refractivity contribution is 0.362. The van der Waals surface area contributed by atoms with E-state index in [4.69, 9.17) is 4.74 Å². The van der Waals surface area contributed by atoms with Gasteiger partial charge in [-0.15, -0.1) is 0 Å². The van der Waals surface area contributed by atoms with Gasteiger partial charge < -0.3 is 4.74 Å². The first-order valence-electron chi connectivity index (χ1n) is 7.14. The minimum absolute atomic E-state index is 0.527. The van der Waals surface area contributed by atoms with Gasteiger partial charge >= 0.3 is 0 Å². The van der Waals surface area contributed by atoms with E-state index >= 15 is 0 Å². The van der Waals surface area contributed by atoms with E-state index in [0.717, 1.165) is 22.2 Å². The maximum atomic E-state index is 5.63. The van der Waals surface area contributed by atoms with Gasteiger partial charge in [-0.05, 0) is 25.0 Å². The Hall–Kier alpha value is -1.28. The second-order valence-electron chi connectivity index (χ2n) is 4.56. The summed E-state index contributed by atoms with van der Waals surface area (Å²) in [5.41, 5.74) is 1.08. The van der Waals surface area contributed by atoms with Gasteiger partial charge in [-0.2, -0.15) is 0 Å². The van der Waals surface area contributed by atoms with Crippen molar-refractivity contribution in [3.63, 3.8) is 0 Å². The average molecular weight is 335 g/mol. The fourth-order valence-electron chi connectivity index (χ4n) is 1.77. The third kappa shape index (κ3) is 6.76. The Bertz CT molecular complexity index is 460. The normalized spacial score (nSPS) is 11.8. The molecule has 0 saturated heterocycles. The first kappa shape index (κ1) is 16.8. The predicted molar refractivity (Wildman–Crippen MR) is 92.3 cm³/mol. The molecule has 0 aliphatic carbocycles. The Balaban J connectivity index is 2.62. The van der Waals surface area contributed by atoms with Crippen LogP contribution in [0, 0.1) is 0 Å². The quantitative estimate of drug-likeness (QED) is 0.300. The van der Waals surface area contributed by atoms with Gasteiger partial charge in [0.2, 0.25) is 0 Å². The number of rotatable bonds is 9. The molecule has 2 heteroatoms. The number of para-hydroxylation sites is 1. The molecule has 108 valence electrons. The van der Waals surface area contributed by atoms with Crippen LogP contribution in [0.5, 0.6) is 5.75 Å². The molecule has 0 radical (unpaired) electrons. The molecule has 0 aliphatic heterocycles. The molecule has 0 bridgehead atoms. The molecule has 0 N–H and O–H groups in total. The number of halogens is 1. The fraction of sp³-hybridized carbons (Fsp3) is 0.333. The SMILES string of the molecule is C=CCOc1ccccc1/C=C/C(Br)=C\CCCCC. The highest BCUT2D eigenvalue weighted by Crippen LogP contribution is 2.21. The minimum Gasteiger partial charge on any atom is -0.489 e. The number of ether oxygens (including phenoxy) is 1. The molecule has 1 aromatic rings. The molecule has 1 nitrogen and oxygen atoms in total. The summed E-state index contributed by atoms with van der Waals surface area (Å²) in [4.78, 5) is 0. The van der Waals surface area contributed by atoms with Gasteiger partial charge in [0.15, 0.2) is 0 Å². The van der Waals surface area contributed by atoms with Crippen LogP contribution in [0.2, 0.25) is 0 Å². The van der Waals surface area contributed by atoms with Crippen LogP contribution in [-0.4, -0.2) is 6.61 Å². The van der Waals surface area contributed by atoms with Crippen molar-refractivity contribution in [1.82, 2.24) is 0 Å². The standard InChI is InChI=1S/C18H23BrO/c1-3-5-6-7-11-17(19)14-13-16-10-8-9-12-18(16)20-15-4-2/h4,8-14H,2-3,5-7,15H2,1H3/b14-13+,17-11+. The van der Waals surface area contributed by atoms with Crippen molar-refractivity contribution in [3.8, 4) is 5.75 Å². The van der Waals surface area contributed by atoms with Crippen molar-refractivity contribution in [2.45, 2.75) is 32.6 Å². The molecule has 0 unspecified atom stereocenters. The lowest BCUT2D eigenvalue weighted by Crippen LogP contribution is -1.94. The zero-order valence-electron chi connectivity index (χ0n) is 12.1. The minimum atomic E-state index is 0.527. The Kier molecular flexibility index (Phi) is 8.81. The Morgan fingerprint density at radius 2 is 2.10 bits per heavy atom. The summed E-state index contributed by atoms with van der Waals surface area (Å²) >= 11 is 3.58. The molecule has 0 atom stereocenters. The van der Waals surface area contributed by atoms with Gasteiger partial charge in [0.1, 0.15) is 12.4 Å². The van der Waals surface area contributed by atoms with E-state index in [0.29, 0.717) is 6.61 Å². The van der Waals surface area contributed by atoms with Gasteiger partial charge in [-0.1, -0.05) is 78.7 Å². The predicted octanol–water partition coefficient (Wildman–Crippen LogP) is 6.12. The van der Waals surface area contributed by atoms with Crippen molar-refractivity contribution in [2.75, 3.05) is 6.61 Å². The first-order chi connectivity index (χ1) is 9.77. The Morgan fingerprint density at radius 3 is 2.85 bits per heavy atom. The highest BCUT2D eigenvalue weighted by molar-refractivity contribution is 9.11. The molecule has 0 saturated carbocycles. The number of allylic oxidation sites excluding steroid dienone is 3. The second kappa shape index (κ2) is 10.5. The Morgan fingerprint density at radius 1 is 1.30 bits per heavy atom. The molecule has 20 heavy (non-hydrogen) atoms. The smallest absolute Gasteiger partial charge is 0.126 e. The molecule has 0 spiro atoms. The van der Waals surface area contributed by atoms with Crippen LogP contribution in [0.1, 0.15) is 38.2 Å². The molecule has 0 heterocycles. The monoisotopic (exact) mass is 334 g/mol. The zero-order valence-corrected chi connectivity index (χ0v) is 13.7. The molecule has 0 aliphatic rings. The summed E-state index contributed by atoms with van der Waals surface area (Å²) < 4.78 is 6.75. The molecule has 0 amide bonds. The zero-order chi connectivity index (χ0) is 14.6. The van der Waals surface area contributed by atoms with E-state index < -0.39 is 0 Å². The van der Waals surface area contributed by atoms with E-state index in [1.807, 2.05) is 24.3 Å². The molecular weight excluding hydrogens is 312 g/mol. The van der Waals surface area contributed by atoms with E-state index in [1.165, 1.54) is 19.3 Å². The van der Waals surface area contributed by atoms with Gasteiger partial charge in [0, 0.05) is 10.0 Å². The van der Waals surface area contributed by atoms with Gasteiger partial charge in [0.25, 0.3) is 0 Å². The van der Waals surface area contributed by atoms with Crippen molar-refractivity contribution in [2.24, 2.45) is 0 Å². The average Bonchev–Trinajstić information content (AvgIpc) is 2.48. The topological polar surface area (TPSA) is 9.23 Å². The van der Waals surface area contributed by atoms with Crippen LogP contribution >= 0.6 is 15.9 Å². The lowest BCUT2D eigenvalue weighted by atomic mass is 10.1. The summed E-state index contributed by atoms with van der Waals surface area (Å²) in [6, 6.07) is 8.01. The molecule has 1 aromatic carbocycles. The summed E-state index contributed by atoms with van der Waals surface area (Å²) in [7, 11) is 0. The van der Waals surface area contributed by atoms with Crippen LogP contribution in [0.25, 0.3) is 6.08 Å². The lowest BCUT2D eigenvalue weighted by Gasteiger charge is -2.06. The number of hydrogen-bond donors (Lipinski definition) is 0. The molecule has 1 rings (SSSR count). The number of hydrogen-bond acceptors (Lipinski definition) is 1. The van der Waals surface area contributed by atoms with E-state index in [-0.39, 0.29) is 0 Å². The van der Waals surface area contributed by atoms with Crippen LogP contribution in [0.3, 0.4) is 0 Å². The first-order valence-corrected chi connectivity index (χ1v) is 7.93. The third-order valence-electron chi connectivity index (χ3n) is 2.84. The largest absolute Gasteiger partial charge is 0.489 e. The maximum absolute atomic E-state index is 5.63. The fourth-order valence-corrected chi connectivity index (χ4v) is 2.13. The van der Waals surface area contributed by atoms with E-state index in [1.54, 1.807) is 6.08 Å². The summed E-state index contributed by atoms with van der Waals surface area (Å²) in [6.07, 6.45) is 13.0. The molecule has 0 aromatic heterocycles. The van der Waals surface area contributed by atoms with Crippen molar-refractivity contribution in [3.05, 3.63) is 59.1 Å². The highest BCUT2D eigenvalue weighted by atomic mass is 79.9. The van der Waals surface area contributed by atoms with E-state index in [9.17, 15) is 0 Å². The van der Waals surface area contributed by atoms with Gasteiger partial charge in [0.05, 0.1) is 0 Å². The van der Waals surface area contributed by atoms with Crippen LogP contribution in [0.15, 0.2) is 53.6 Å².